The predicted octanol–water partition coefficient (Wildman–Crippen LogP) is 3.04. The van der Waals surface area contributed by atoms with Crippen LogP contribution in [0.5, 0.6) is 0 Å². The summed E-state index contributed by atoms with van der Waals surface area (Å²) in [6.07, 6.45) is 2.13. The number of imidazole rings is 1. The first-order valence-corrected chi connectivity index (χ1v) is 7.59. The van der Waals surface area contributed by atoms with E-state index in [1.807, 2.05) is 0 Å². The highest BCUT2D eigenvalue weighted by molar-refractivity contribution is 5.70. The molecule has 0 bridgehead atoms. The maximum absolute atomic E-state index is 6.21. The summed E-state index contributed by atoms with van der Waals surface area (Å²) in [6.45, 7) is 5.49. The number of aromatic nitrogens is 2. The Morgan fingerprint density at radius 2 is 2.00 bits per heavy atom. The van der Waals surface area contributed by atoms with E-state index in [4.69, 9.17) is 10.7 Å². The van der Waals surface area contributed by atoms with Crippen LogP contribution in [0, 0.1) is 0 Å². The van der Waals surface area contributed by atoms with E-state index >= 15 is 0 Å². The van der Waals surface area contributed by atoms with Gasteiger partial charge in [-0.3, -0.25) is 0 Å². The van der Waals surface area contributed by atoms with Gasteiger partial charge in [0.15, 0.2) is 0 Å². The fourth-order valence-electron chi connectivity index (χ4n) is 3.92. The highest BCUT2D eigenvalue weighted by Crippen LogP contribution is 2.41. The van der Waals surface area contributed by atoms with Gasteiger partial charge in [-0.05, 0) is 24.3 Å². The third kappa shape index (κ3) is 1.59. The molecule has 20 heavy (non-hydrogen) atoms. The number of rotatable bonds is 0. The third-order valence-corrected chi connectivity index (χ3v) is 4.86. The largest absolute Gasteiger partial charge is 0.330 e. The van der Waals surface area contributed by atoms with Gasteiger partial charge in [-0.2, -0.15) is 0 Å². The second-order valence-corrected chi connectivity index (χ2v) is 6.47. The third-order valence-electron chi connectivity index (χ3n) is 4.86. The smallest absolute Gasteiger partial charge is 0.112 e. The molecular formula is C17H21N3. The lowest BCUT2D eigenvalue weighted by molar-refractivity contribution is 0.398. The van der Waals surface area contributed by atoms with E-state index in [2.05, 4.69) is 42.7 Å². The summed E-state index contributed by atoms with van der Waals surface area (Å²) in [5.41, 5.74) is 11.6. The molecule has 0 fully saturated rings. The lowest BCUT2D eigenvalue weighted by Gasteiger charge is -2.28. The van der Waals surface area contributed by atoms with Crippen LogP contribution >= 0.6 is 0 Å². The Balaban J connectivity index is 1.95. The molecule has 1 aromatic carbocycles. The molecule has 1 aliphatic heterocycles. The molecule has 4 rings (SSSR count). The second-order valence-electron chi connectivity index (χ2n) is 6.47. The Bertz CT molecular complexity index is 671. The van der Waals surface area contributed by atoms with Crippen molar-refractivity contribution < 1.29 is 0 Å². The Kier molecular flexibility index (Phi) is 2.55. The average molecular weight is 267 g/mol. The van der Waals surface area contributed by atoms with E-state index in [1.54, 1.807) is 0 Å². The Labute approximate surface area is 119 Å². The van der Waals surface area contributed by atoms with Crippen LogP contribution in [-0.2, 0) is 13.0 Å². The minimum atomic E-state index is 0.267. The van der Waals surface area contributed by atoms with E-state index in [-0.39, 0.29) is 6.04 Å². The number of nitrogens with two attached hydrogens (primary N) is 1. The van der Waals surface area contributed by atoms with Gasteiger partial charge in [0.1, 0.15) is 5.82 Å². The standard InChI is InChI=1S/C17H21N3/c1-10-8-15-16(14-6-4-3-5-13(10)14)19-17-11(2)7-12(18)9-20(15)17/h3-6,10-12H,7-9,18H2,1-2H3. The molecule has 104 valence electrons. The number of nitrogens with zero attached hydrogens (tertiary/aromatic N) is 2. The molecule has 2 aliphatic rings. The van der Waals surface area contributed by atoms with Gasteiger partial charge in [-0.15, -0.1) is 0 Å². The normalized spacial score (nSPS) is 27.6. The SMILES string of the molecule is CC1Cc2c(nc3n2CC(N)CC3C)-c2ccccc21. The molecule has 0 saturated carbocycles. The first-order chi connectivity index (χ1) is 9.65. The summed E-state index contributed by atoms with van der Waals surface area (Å²) in [4.78, 5) is 4.99. The van der Waals surface area contributed by atoms with Crippen molar-refractivity contribution in [2.24, 2.45) is 5.73 Å². The highest BCUT2D eigenvalue weighted by atomic mass is 15.1. The van der Waals surface area contributed by atoms with E-state index in [0.29, 0.717) is 11.8 Å². The minimum absolute atomic E-state index is 0.267. The lowest BCUT2D eigenvalue weighted by atomic mass is 9.84. The van der Waals surface area contributed by atoms with E-state index in [1.165, 1.54) is 28.3 Å². The summed E-state index contributed by atoms with van der Waals surface area (Å²) in [6, 6.07) is 8.98. The second kappa shape index (κ2) is 4.19. The van der Waals surface area contributed by atoms with E-state index in [9.17, 15) is 0 Å². The van der Waals surface area contributed by atoms with Crippen LogP contribution < -0.4 is 5.73 Å². The fraction of sp³-hybridized carbons (Fsp3) is 0.471. The number of fused-ring (bicyclic) bond motifs is 5. The molecule has 3 nitrogen and oxygen atoms in total. The van der Waals surface area contributed by atoms with Crippen molar-refractivity contribution in [1.82, 2.24) is 9.55 Å². The number of benzene rings is 1. The van der Waals surface area contributed by atoms with Crippen LogP contribution in [0.2, 0.25) is 0 Å². The average Bonchev–Trinajstić information content (AvgIpc) is 2.79. The van der Waals surface area contributed by atoms with Crippen LogP contribution in [0.15, 0.2) is 24.3 Å². The van der Waals surface area contributed by atoms with Crippen LogP contribution in [0.4, 0.5) is 0 Å². The minimum Gasteiger partial charge on any atom is -0.330 e. The van der Waals surface area contributed by atoms with E-state index < -0.39 is 0 Å². The molecule has 3 atom stereocenters. The summed E-state index contributed by atoms with van der Waals surface area (Å²) in [5, 5.41) is 0. The molecule has 0 saturated heterocycles. The first kappa shape index (κ1) is 12.2. The monoisotopic (exact) mass is 267 g/mol. The van der Waals surface area contributed by atoms with Crippen molar-refractivity contribution in [1.29, 1.82) is 0 Å². The maximum Gasteiger partial charge on any atom is 0.112 e. The van der Waals surface area contributed by atoms with Crippen molar-refractivity contribution in [3.63, 3.8) is 0 Å². The van der Waals surface area contributed by atoms with Crippen LogP contribution in [-0.4, -0.2) is 15.6 Å². The van der Waals surface area contributed by atoms with Crippen molar-refractivity contribution in [3.05, 3.63) is 41.3 Å². The van der Waals surface area contributed by atoms with Crippen molar-refractivity contribution in [2.45, 2.75) is 51.1 Å². The Hall–Kier alpha value is -1.61. The highest BCUT2D eigenvalue weighted by Gasteiger charge is 2.32. The molecule has 0 spiro atoms. The van der Waals surface area contributed by atoms with Gasteiger partial charge in [-0.1, -0.05) is 38.1 Å². The summed E-state index contributed by atoms with van der Waals surface area (Å²) >= 11 is 0. The predicted molar refractivity (Wildman–Crippen MR) is 80.8 cm³/mol. The van der Waals surface area contributed by atoms with Gasteiger partial charge in [0.2, 0.25) is 0 Å². The summed E-state index contributed by atoms with van der Waals surface area (Å²) < 4.78 is 2.40. The first-order valence-electron chi connectivity index (χ1n) is 7.59. The van der Waals surface area contributed by atoms with Gasteiger partial charge >= 0.3 is 0 Å². The van der Waals surface area contributed by atoms with Crippen molar-refractivity contribution >= 4 is 0 Å². The molecule has 2 N–H and O–H groups in total. The summed E-state index contributed by atoms with van der Waals surface area (Å²) in [7, 11) is 0. The van der Waals surface area contributed by atoms with Gasteiger partial charge in [0, 0.05) is 29.8 Å². The fourth-order valence-corrected chi connectivity index (χ4v) is 3.92. The molecule has 1 aromatic heterocycles. The van der Waals surface area contributed by atoms with Crippen LogP contribution in [0.25, 0.3) is 11.3 Å². The maximum atomic E-state index is 6.21. The lowest BCUT2D eigenvalue weighted by Crippen LogP contribution is -2.34. The Morgan fingerprint density at radius 1 is 1.20 bits per heavy atom. The van der Waals surface area contributed by atoms with Crippen LogP contribution in [0.3, 0.4) is 0 Å². The Morgan fingerprint density at radius 3 is 2.85 bits per heavy atom. The van der Waals surface area contributed by atoms with Gasteiger partial charge < -0.3 is 10.3 Å². The van der Waals surface area contributed by atoms with E-state index in [0.717, 1.165) is 19.4 Å². The molecular weight excluding hydrogens is 246 g/mol. The summed E-state index contributed by atoms with van der Waals surface area (Å²) in [5.74, 6) is 2.26. The molecule has 2 heterocycles. The zero-order valence-electron chi connectivity index (χ0n) is 12.1. The van der Waals surface area contributed by atoms with Gasteiger partial charge in [0.25, 0.3) is 0 Å². The topological polar surface area (TPSA) is 43.8 Å². The van der Waals surface area contributed by atoms with Gasteiger partial charge in [0.05, 0.1) is 5.69 Å². The van der Waals surface area contributed by atoms with Crippen molar-refractivity contribution in [3.8, 4) is 11.3 Å². The molecule has 3 heteroatoms. The zero-order chi connectivity index (χ0) is 13.9. The van der Waals surface area contributed by atoms with Crippen molar-refractivity contribution in [2.75, 3.05) is 0 Å². The quantitative estimate of drug-likeness (QED) is 0.797. The molecule has 2 aromatic rings. The number of hydrogen-bond acceptors (Lipinski definition) is 2. The zero-order valence-corrected chi connectivity index (χ0v) is 12.1. The van der Waals surface area contributed by atoms with Crippen LogP contribution in [0.1, 0.15) is 49.2 Å². The number of hydrogen-bond donors (Lipinski definition) is 1. The molecule has 3 unspecified atom stereocenters. The van der Waals surface area contributed by atoms with Gasteiger partial charge in [-0.25, -0.2) is 4.98 Å². The molecule has 0 radical (unpaired) electrons. The molecule has 1 aliphatic carbocycles. The molecule has 0 amide bonds.